The van der Waals surface area contributed by atoms with Crippen LogP contribution in [0, 0.1) is 59.2 Å². The first kappa shape index (κ1) is 25.8. The zero-order valence-corrected chi connectivity index (χ0v) is 27.0. The van der Waals surface area contributed by atoms with E-state index in [1.807, 2.05) is 11.3 Å². The zero-order valence-electron chi connectivity index (χ0n) is 26.2. The Hall–Kier alpha value is -2.32. The number of aromatic nitrogens is 1. The first-order valence-corrected chi connectivity index (χ1v) is 19.5. The summed E-state index contributed by atoms with van der Waals surface area (Å²) in [7, 11) is 0. The van der Waals surface area contributed by atoms with Crippen molar-refractivity contribution >= 4 is 53.3 Å². The van der Waals surface area contributed by atoms with Gasteiger partial charge in [-0.25, -0.2) is 0 Å². The highest BCUT2D eigenvalue weighted by Crippen LogP contribution is 2.69. The molecule has 3 aromatic carbocycles. The van der Waals surface area contributed by atoms with E-state index >= 15 is 0 Å². The first-order valence-electron chi connectivity index (χ1n) is 18.7. The van der Waals surface area contributed by atoms with Gasteiger partial charge < -0.3 is 4.57 Å². The lowest BCUT2D eigenvalue weighted by atomic mass is 9.38. The van der Waals surface area contributed by atoms with Crippen molar-refractivity contribution in [3.8, 4) is 0 Å². The Bertz CT molecular complexity index is 1910. The van der Waals surface area contributed by atoms with E-state index in [1.165, 1.54) is 80.5 Å². The first-order chi connectivity index (χ1) is 21.8. The molecule has 2 aromatic heterocycles. The minimum Gasteiger partial charge on any atom is -0.337 e. The van der Waals surface area contributed by atoms with Crippen molar-refractivity contribution in [3.05, 3.63) is 60.7 Å². The summed E-state index contributed by atoms with van der Waals surface area (Å²) in [4.78, 5) is 0. The largest absolute Gasteiger partial charge is 0.337 e. The molecule has 0 aliphatic heterocycles. The maximum absolute atomic E-state index is 2.87. The summed E-state index contributed by atoms with van der Waals surface area (Å²) >= 11 is 1.99. The minimum absolute atomic E-state index is 0.646. The molecule has 0 bridgehead atoms. The number of hydrogen-bond donors (Lipinski definition) is 0. The van der Waals surface area contributed by atoms with Crippen molar-refractivity contribution < 1.29 is 0 Å². The van der Waals surface area contributed by atoms with Crippen molar-refractivity contribution in [2.24, 2.45) is 59.2 Å². The Balaban J connectivity index is 1.03. The van der Waals surface area contributed by atoms with Crippen LogP contribution in [0.1, 0.15) is 89.5 Å². The van der Waals surface area contributed by atoms with Crippen molar-refractivity contribution in [3.63, 3.8) is 0 Å². The van der Waals surface area contributed by atoms with Crippen molar-refractivity contribution in [1.82, 2.24) is 4.57 Å². The van der Waals surface area contributed by atoms with E-state index in [2.05, 4.69) is 65.2 Å². The second-order valence-electron chi connectivity index (χ2n) is 16.4. The smallest absolute Gasteiger partial charge is 0.0508 e. The average molecular weight is 598 g/mol. The van der Waals surface area contributed by atoms with Gasteiger partial charge in [-0.15, -0.1) is 11.3 Å². The van der Waals surface area contributed by atoms with Gasteiger partial charge in [0.15, 0.2) is 0 Å². The number of benzene rings is 3. The molecule has 6 aliphatic rings. The molecule has 11 atom stereocenters. The SMILES string of the molecule is c1ccc2c(c1)sc1cc3c(cc12)c1ccccc1n3C1CCC2C(C1)C1CCCC3C4CCCCC4C4CCCC2C4C31. The second kappa shape index (κ2) is 9.60. The lowest BCUT2D eigenvalue weighted by molar-refractivity contribution is -0.189. The van der Waals surface area contributed by atoms with Crippen molar-refractivity contribution in [2.45, 2.75) is 89.5 Å². The molecule has 226 valence electrons. The van der Waals surface area contributed by atoms with Crippen LogP contribution in [0.4, 0.5) is 0 Å². The molecule has 5 aromatic rings. The van der Waals surface area contributed by atoms with Crippen LogP contribution in [-0.4, -0.2) is 4.57 Å². The quantitative estimate of drug-likeness (QED) is 0.181. The van der Waals surface area contributed by atoms with Crippen LogP contribution in [0.15, 0.2) is 60.7 Å². The highest BCUT2D eigenvalue weighted by atomic mass is 32.1. The molecule has 0 amide bonds. The third kappa shape index (κ3) is 3.42. The minimum atomic E-state index is 0.646. The number of hydrogen-bond acceptors (Lipinski definition) is 1. The third-order valence-electron chi connectivity index (χ3n) is 15.1. The summed E-state index contributed by atoms with van der Waals surface area (Å²) in [6.07, 6.45) is 19.9. The van der Waals surface area contributed by atoms with E-state index in [9.17, 15) is 0 Å². The van der Waals surface area contributed by atoms with Crippen LogP contribution >= 0.6 is 11.3 Å². The Kier molecular flexibility index (Phi) is 5.63. The van der Waals surface area contributed by atoms with Crippen LogP contribution in [-0.2, 0) is 0 Å². The lowest BCUT2D eigenvalue weighted by Gasteiger charge is -2.67. The van der Waals surface area contributed by atoms with Gasteiger partial charge in [0.05, 0.1) is 5.52 Å². The fraction of sp³-hybridized carbons (Fsp3) is 0.571. The van der Waals surface area contributed by atoms with E-state index in [1.54, 1.807) is 44.9 Å². The molecule has 0 spiro atoms. The number of para-hydroxylation sites is 1. The Morgan fingerprint density at radius 1 is 0.455 bits per heavy atom. The van der Waals surface area contributed by atoms with Crippen LogP contribution in [0.2, 0.25) is 0 Å². The number of nitrogens with zero attached hydrogens (tertiary/aromatic N) is 1. The van der Waals surface area contributed by atoms with Gasteiger partial charge in [0.1, 0.15) is 0 Å². The molecule has 6 saturated carbocycles. The topological polar surface area (TPSA) is 4.93 Å². The maximum atomic E-state index is 2.87. The van der Waals surface area contributed by atoms with Gasteiger partial charge in [-0.3, -0.25) is 0 Å². The molecule has 2 heterocycles. The fourth-order valence-corrected chi connectivity index (χ4v) is 15.2. The standard InChI is InChI=1S/C42H47NS/c1-2-10-26-25(9-1)30-13-7-15-32-27-20-19-24(21-34(27)33-16-8-14-31(26)42(33)41(30)32)43-37-17-5-3-11-28(37)35-22-36-29-12-4-6-18-39(29)44-40(36)23-38(35)43/h3-6,11-12,17-18,22-27,30-34,41-42H,1-2,7-10,13-16,19-21H2. The summed E-state index contributed by atoms with van der Waals surface area (Å²) < 4.78 is 5.76. The molecule has 0 N–H and O–H groups in total. The summed E-state index contributed by atoms with van der Waals surface area (Å²) in [6, 6.07) is 24.2. The molecule has 0 radical (unpaired) electrons. The molecule has 11 rings (SSSR count). The van der Waals surface area contributed by atoms with Gasteiger partial charge in [-0.1, -0.05) is 62.1 Å². The molecular weight excluding hydrogens is 551 g/mol. The van der Waals surface area contributed by atoms with Gasteiger partial charge in [0, 0.05) is 42.5 Å². The van der Waals surface area contributed by atoms with Crippen molar-refractivity contribution in [2.75, 3.05) is 0 Å². The maximum Gasteiger partial charge on any atom is 0.0508 e. The van der Waals surface area contributed by atoms with Crippen LogP contribution in [0.5, 0.6) is 0 Å². The summed E-state index contributed by atoms with van der Waals surface area (Å²) in [5.74, 6) is 10.6. The lowest BCUT2D eigenvalue weighted by Crippen LogP contribution is -2.61. The number of thiophene rings is 1. The number of fused-ring (bicyclic) bond motifs is 12. The Morgan fingerprint density at radius 3 is 1.82 bits per heavy atom. The molecule has 6 aliphatic carbocycles. The van der Waals surface area contributed by atoms with Crippen LogP contribution in [0.25, 0.3) is 42.0 Å². The van der Waals surface area contributed by atoms with Gasteiger partial charge >= 0.3 is 0 Å². The normalized spacial score (nSPS) is 39.8. The molecule has 11 unspecified atom stereocenters. The fourth-order valence-electron chi connectivity index (χ4n) is 14.0. The van der Waals surface area contributed by atoms with E-state index in [0.717, 1.165) is 59.2 Å². The zero-order chi connectivity index (χ0) is 28.5. The van der Waals surface area contributed by atoms with Crippen molar-refractivity contribution in [1.29, 1.82) is 0 Å². The van der Waals surface area contributed by atoms with E-state index < -0.39 is 0 Å². The summed E-state index contributed by atoms with van der Waals surface area (Å²) in [5, 5.41) is 5.82. The highest BCUT2D eigenvalue weighted by Gasteiger charge is 2.62. The summed E-state index contributed by atoms with van der Waals surface area (Å²) in [6.45, 7) is 0. The molecule has 0 saturated heterocycles. The summed E-state index contributed by atoms with van der Waals surface area (Å²) in [5.41, 5.74) is 2.99. The van der Waals surface area contributed by atoms with E-state index in [0.29, 0.717) is 6.04 Å². The predicted octanol–water partition coefficient (Wildman–Crippen LogP) is 12.0. The average Bonchev–Trinajstić information content (AvgIpc) is 3.61. The van der Waals surface area contributed by atoms with Gasteiger partial charge in [0.25, 0.3) is 0 Å². The van der Waals surface area contributed by atoms with Gasteiger partial charge in [-0.05, 0) is 141 Å². The third-order valence-corrected chi connectivity index (χ3v) is 16.3. The molecule has 6 fully saturated rings. The van der Waals surface area contributed by atoms with Crippen LogP contribution in [0.3, 0.4) is 0 Å². The van der Waals surface area contributed by atoms with Gasteiger partial charge in [0.2, 0.25) is 0 Å². The van der Waals surface area contributed by atoms with E-state index in [4.69, 9.17) is 0 Å². The monoisotopic (exact) mass is 597 g/mol. The Morgan fingerprint density at radius 2 is 1.07 bits per heavy atom. The highest BCUT2D eigenvalue weighted by molar-refractivity contribution is 7.25. The van der Waals surface area contributed by atoms with Crippen LogP contribution < -0.4 is 0 Å². The van der Waals surface area contributed by atoms with E-state index in [-0.39, 0.29) is 0 Å². The Labute approximate surface area is 266 Å². The predicted molar refractivity (Wildman–Crippen MR) is 186 cm³/mol. The number of rotatable bonds is 1. The van der Waals surface area contributed by atoms with Gasteiger partial charge in [-0.2, -0.15) is 0 Å². The molecular formula is C42H47NS. The molecule has 44 heavy (non-hydrogen) atoms. The molecule has 1 nitrogen and oxygen atoms in total. The second-order valence-corrected chi connectivity index (χ2v) is 17.5. The molecule has 2 heteroatoms.